The summed E-state index contributed by atoms with van der Waals surface area (Å²) >= 11 is 0. The lowest BCUT2D eigenvalue weighted by Gasteiger charge is -1.87. The maximum absolute atomic E-state index is 8.41. The number of pyridine rings is 1. The lowest BCUT2D eigenvalue weighted by Crippen LogP contribution is -1.85. The molecule has 0 bridgehead atoms. The first-order chi connectivity index (χ1) is 4.88. The van der Waals surface area contributed by atoms with E-state index in [1.165, 1.54) is 6.20 Å². The fourth-order valence-corrected chi connectivity index (χ4v) is 0.585. The van der Waals surface area contributed by atoms with Crippen molar-refractivity contribution in [2.75, 3.05) is 0 Å². The van der Waals surface area contributed by atoms with E-state index in [-0.39, 0.29) is 5.69 Å². The number of hydrogen-bond acceptors (Lipinski definition) is 3. The minimum atomic E-state index is 0.185. The molecule has 3 nitrogen and oxygen atoms in total. The summed E-state index contributed by atoms with van der Waals surface area (Å²) in [6.45, 7) is 0. The molecule has 0 N–H and O–H groups in total. The van der Waals surface area contributed by atoms with Gasteiger partial charge in [-0.2, -0.15) is 10.5 Å². The van der Waals surface area contributed by atoms with Crippen molar-refractivity contribution in [2.24, 2.45) is 0 Å². The molecule has 0 aliphatic heterocycles. The van der Waals surface area contributed by atoms with Gasteiger partial charge in [0.25, 0.3) is 0 Å². The highest BCUT2D eigenvalue weighted by atomic mass is 14.7. The van der Waals surface area contributed by atoms with Crippen LogP contribution in [0.15, 0.2) is 18.3 Å². The zero-order valence-electron chi connectivity index (χ0n) is 5.07. The van der Waals surface area contributed by atoms with Gasteiger partial charge in [-0.3, -0.25) is 0 Å². The van der Waals surface area contributed by atoms with Crippen LogP contribution in [0.1, 0.15) is 11.3 Å². The van der Waals surface area contributed by atoms with Crippen LogP contribution in [0, 0.1) is 22.7 Å². The lowest BCUT2D eigenvalue weighted by molar-refractivity contribution is 1.24. The van der Waals surface area contributed by atoms with Crippen molar-refractivity contribution < 1.29 is 0 Å². The monoisotopic (exact) mass is 129 g/mol. The molecule has 0 aliphatic carbocycles. The Morgan fingerprint density at radius 3 is 2.60 bits per heavy atom. The van der Waals surface area contributed by atoms with Gasteiger partial charge in [-0.05, 0) is 12.1 Å². The minimum absolute atomic E-state index is 0.185. The van der Waals surface area contributed by atoms with E-state index in [1.807, 2.05) is 12.1 Å². The number of aromatic nitrogens is 1. The maximum atomic E-state index is 8.41. The molecule has 1 aromatic rings. The molecule has 46 valence electrons. The van der Waals surface area contributed by atoms with Gasteiger partial charge in [0.05, 0.1) is 5.56 Å². The summed E-state index contributed by atoms with van der Waals surface area (Å²) in [5.41, 5.74) is 0.509. The van der Waals surface area contributed by atoms with Crippen molar-refractivity contribution in [3.8, 4) is 12.1 Å². The summed E-state index contributed by atoms with van der Waals surface area (Å²) in [5.74, 6) is 0. The Balaban J connectivity index is 3.28. The van der Waals surface area contributed by atoms with E-state index in [0.29, 0.717) is 5.56 Å². The molecule has 0 radical (unpaired) electrons. The number of hydrogen-bond donors (Lipinski definition) is 0. The van der Waals surface area contributed by atoms with Gasteiger partial charge in [0, 0.05) is 6.20 Å². The van der Waals surface area contributed by atoms with E-state index in [0.717, 1.165) is 0 Å². The molecule has 1 aromatic heterocycles. The highest BCUT2D eigenvalue weighted by molar-refractivity contribution is 5.39. The average Bonchev–Trinajstić information content (AvgIpc) is 2.04. The highest BCUT2D eigenvalue weighted by Crippen LogP contribution is 1.99. The average molecular weight is 129 g/mol. The van der Waals surface area contributed by atoms with Crippen LogP contribution in [0.4, 0.5) is 0 Å². The Morgan fingerprint density at radius 2 is 2.10 bits per heavy atom. The Kier molecular flexibility index (Phi) is 1.63. The first-order valence-electron chi connectivity index (χ1n) is 2.63. The normalized spacial score (nSPS) is 7.80. The summed E-state index contributed by atoms with van der Waals surface area (Å²) in [7, 11) is 0. The molecule has 0 amide bonds. The largest absolute Gasteiger partial charge is 0.244 e. The summed E-state index contributed by atoms with van der Waals surface area (Å²) in [5, 5.41) is 16.8. The van der Waals surface area contributed by atoms with Gasteiger partial charge < -0.3 is 0 Å². The van der Waals surface area contributed by atoms with Gasteiger partial charge in [-0.15, -0.1) is 0 Å². The van der Waals surface area contributed by atoms with Gasteiger partial charge in [0.15, 0.2) is 5.69 Å². The fraction of sp³-hybridized carbons (Fsp3) is 0. The smallest absolute Gasteiger partial charge is 0.158 e. The molecule has 0 spiro atoms. The third kappa shape index (κ3) is 0.936. The quantitative estimate of drug-likeness (QED) is 0.521. The van der Waals surface area contributed by atoms with E-state index in [4.69, 9.17) is 10.5 Å². The van der Waals surface area contributed by atoms with Gasteiger partial charge in [0.1, 0.15) is 12.1 Å². The van der Waals surface area contributed by atoms with Crippen LogP contribution < -0.4 is 0 Å². The molecule has 0 fully saturated rings. The van der Waals surface area contributed by atoms with E-state index in [2.05, 4.69) is 4.98 Å². The molecular weight excluding hydrogens is 126 g/mol. The van der Waals surface area contributed by atoms with Crippen molar-refractivity contribution in [2.45, 2.75) is 0 Å². The van der Waals surface area contributed by atoms with Crippen LogP contribution in [0.25, 0.3) is 0 Å². The third-order valence-electron chi connectivity index (χ3n) is 1.03. The van der Waals surface area contributed by atoms with E-state index in [1.54, 1.807) is 12.1 Å². The SMILES string of the molecule is N#Cc1cccnc1C#N. The predicted octanol–water partition coefficient (Wildman–Crippen LogP) is 0.825. The summed E-state index contributed by atoms with van der Waals surface area (Å²) < 4.78 is 0. The van der Waals surface area contributed by atoms with Crippen molar-refractivity contribution >= 4 is 0 Å². The van der Waals surface area contributed by atoms with Crippen molar-refractivity contribution in [3.05, 3.63) is 29.6 Å². The Hall–Kier alpha value is -1.87. The molecule has 0 saturated heterocycles. The summed E-state index contributed by atoms with van der Waals surface area (Å²) in [4.78, 5) is 3.68. The second kappa shape index (κ2) is 2.61. The van der Waals surface area contributed by atoms with Gasteiger partial charge >= 0.3 is 0 Å². The van der Waals surface area contributed by atoms with Crippen LogP contribution in [0.2, 0.25) is 0 Å². The molecule has 0 atom stereocenters. The zero-order chi connectivity index (χ0) is 7.40. The predicted molar refractivity (Wildman–Crippen MR) is 33.7 cm³/mol. The molecule has 1 heterocycles. The third-order valence-corrected chi connectivity index (χ3v) is 1.03. The number of rotatable bonds is 0. The second-order valence-corrected chi connectivity index (χ2v) is 1.62. The molecule has 0 aliphatic rings. The van der Waals surface area contributed by atoms with E-state index in [9.17, 15) is 0 Å². The lowest BCUT2D eigenvalue weighted by atomic mass is 10.2. The Bertz CT molecular complexity index is 283. The maximum Gasteiger partial charge on any atom is 0.158 e. The molecule has 0 saturated carbocycles. The van der Waals surface area contributed by atoms with Crippen LogP contribution in [0.3, 0.4) is 0 Å². The highest BCUT2D eigenvalue weighted by Gasteiger charge is 1.97. The fourth-order valence-electron chi connectivity index (χ4n) is 0.585. The number of nitrogens with zero attached hydrogens (tertiary/aromatic N) is 3. The van der Waals surface area contributed by atoms with Crippen LogP contribution >= 0.6 is 0 Å². The van der Waals surface area contributed by atoms with Crippen molar-refractivity contribution in [1.82, 2.24) is 4.98 Å². The first-order valence-corrected chi connectivity index (χ1v) is 2.63. The van der Waals surface area contributed by atoms with E-state index < -0.39 is 0 Å². The molecule has 10 heavy (non-hydrogen) atoms. The van der Waals surface area contributed by atoms with Crippen LogP contribution in [0.5, 0.6) is 0 Å². The summed E-state index contributed by atoms with van der Waals surface area (Å²) in [6, 6.07) is 6.86. The van der Waals surface area contributed by atoms with Gasteiger partial charge in [-0.1, -0.05) is 0 Å². The molecule has 3 heteroatoms. The molecular formula is C7H3N3. The topological polar surface area (TPSA) is 60.5 Å². The zero-order valence-corrected chi connectivity index (χ0v) is 5.07. The van der Waals surface area contributed by atoms with Gasteiger partial charge in [-0.25, -0.2) is 4.98 Å². The molecule has 0 aromatic carbocycles. The van der Waals surface area contributed by atoms with Crippen molar-refractivity contribution in [3.63, 3.8) is 0 Å². The minimum Gasteiger partial charge on any atom is -0.244 e. The molecule has 1 rings (SSSR count). The van der Waals surface area contributed by atoms with Gasteiger partial charge in [0.2, 0.25) is 0 Å². The van der Waals surface area contributed by atoms with Crippen molar-refractivity contribution in [1.29, 1.82) is 10.5 Å². The van der Waals surface area contributed by atoms with Crippen LogP contribution in [-0.2, 0) is 0 Å². The Morgan fingerprint density at radius 1 is 1.30 bits per heavy atom. The van der Waals surface area contributed by atoms with Crippen LogP contribution in [-0.4, -0.2) is 4.98 Å². The van der Waals surface area contributed by atoms with E-state index >= 15 is 0 Å². The standard InChI is InChI=1S/C7H3N3/c8-4-6-2-1-3-10-7(6)5-9/h1-3H. The summed E-state index contributed by atoms with van der Waals surface area (Å²) in [6.07, 6.45) is 1.49. The number of nitriles is 2. The first kappa shape index (κ1) is 6.25. The molecule has 0 unspecified atom stereocenters. The Labute approximate surface area is 58.2 Å². The second-order valence-electron chi connectivity index (χ2n) is 1.62.